The Balaban J connectivity index is 1.60. The molecule has 2 aromatic heterocycles. The first-order chi connectivity index (χ1) is 19.0. The van der Waals surface area contributed by atoms with Gasteiger partial charge in [-0.25, -0.2) is 27.5 Å². The van der Waals surface area contributed by atoms with Crippen molar-refractivity contribution in [2.75, 3.05) is 6.54 Å². The second-order valence-corrected chi connectivity index (χ2v) is 10.8. The highest BCUT2D eigenvalue weighted by atomic mass is 19.4. The Kier molecular flexibility index (Phi) is 7.97. The van der Waals surface area contributed by atoms with E-state index in [0.717, 1.165) is 18.7 Å². The number of urea groups is 1. The van der Waals surface area contributed by atoms with Crippen molar-refractivity contribution in [2.24, 2.45) is 5.92 Å². The maximum Gasteiger partial charge on any atom is 0.410 e. The topological polar surface area (TPSA) is 138 Å². The molecule has 16 heteroatoms. The summed E-state index contributed by atoms with van der Waals surface area (Å²) in [5, 5.41) is 24.3. The lowest BCUT2D eigenvalue weighted by atomic mass is 9.81. The maximum atomic E-state index is 14.4. The number of carbonyl (C=O) groups excluding carboxylic acids is 2. The van der Waals surface area contributed by atoms with E-state index in [1.54, 1.807) is 0 Å². The van der Waals surface area contributed by atoms with E-state index >= 15 is 0 Å². The van der Waals surface area contributed by atoms with Gasteiger partial charge in [0.2, 0.25) is 12.2 Å². The average Bonchev–Trinajstić information content (AvgIpc) is 3.45. The summed E-state index contributed by atoms with van der Waals surface area (Å²) in [4.78, 5) is 30.6. The quantitative estimate of drug-likeness (QED) is 0.142. The van der Waals surface area contributed by atoms with Crippen molar-refractivity contribution in [1.29, 1.82) is 5.41 Å². The highest BCUT2D eigenvalue weighted by Crippen LogP contribution is 2.41. The normalized spacial score (nSPS) is 21.2. The molecule has 1 aliphatic carbocycles. The molecule has 1 saturated heterocycles. The number of hydrogen-bond donors (Lipinski definition) is 3. The van der Waals surface area contributed by atoms with Crippen molar-refractivity contribution >= 4 is 23.3 Å². The van der Waals surface area contributed by atoms with Crippen LogP contribution in [-0.2, 0) is 11.3 Å². The van der Waals surface area contributed by atoms with Gasteiger partial charge in [0.1, 0.15) is 11.7 Å². The molecule has 5 N–H and O–H groups in total. The van der Waals surface area contributed by atoms with Crippen LogP contribution in [0, 0.1) is 11.3 Å². The number of alkyl halides is 6. The monoisotopic (exact) mass is 590 g/mol. The van der Waals surface area contributed by atoms with E-state index in [0.29, 0.717) is 11.8 Å². The molecule has 10 nitrogen and oxygen atoms in total. The Morgan fingerprint density at radius 1 is 1.29 bits per heavy atom. The smallest absolute Gasteiger partial charge is 0.410 e. The van der Waals surface area contributed by atoms with Gasteiger partial charge in [-0.05, 0) is 44.2 Å². The predicted octanol–water partition coefficient (Wildman–Crippen LogP) is 3.54. The van der Waals surface area contributed by atoms with Crippen LogP contribution in [0.5, 0.6) is 0 Å². The molecule has 3 heterocycles. The van der Waals surface area contributed by atoms with Gasteiger partial charge in [0.25, 0.3) is 5.91 Å². The number of aromatic nitrogens is 3. The highest BCUT2D eigenvalue weighted by Gasteiger charge is 2.47. The molecular formula is C25H30F6N7O3+. The summed E-state index contributed by atoms with van der Waals surface area (Å²) < 4.78 is 82.6. The first-order valence-corrected chi connectivity index (χ1v) is 12.8. The molecule has 2 aliphatic rings. The molecule has 2 atom stereocenters. The molecule has 0 spiro atoms. The molecule has 41 heavy (non-hydrogen) atoms. The van der Waals surface area contributed by atoms with Gasteiger partial charge in [0.15, 0.2) is 11.2 Å². The van der Waals surface area contributed by atoms with Crippen LogP contribution in [0.4, 0.5) is 31.1 Å². The molecule has 4 rings (SSSR count). The van der Waals surface area contributed by atoms with Crippen molar-refractivity contribution in [2.45, 2.75) is 75.9 Å². The van der Waals surface area contributed by atoms with Gasteiger partial charge in [0.05, 0.1) is 36.4 Å². The number of imidazole rings is 1. The van der Waals surface area contributed by atoms with Crippen LogP contribution < -0.4 is 10.6 Å². The second kappa shape index (κ2) is 10.9. The van der Waals surface area contributed by atoms with Crippen LogP contribution in [0.15, 0.2) is 30.3 Å². The number of rotatable bonds is 8. The number of nitrogens with zero attached hydrogens (tertiary/aromatic N) is 4. The van der Waals surface area contributed by atoms with Gasteiger partial charge >= 0.3 is 12.2 Å². The minimum Gasteiger partial charge on any atom is -0.598 e. The fraction of sp³-hybridized carbons (Fsp3) is 0.560. The zero-order valence-electron chi connectivity index (χ0n) is 22.2. The van der Waals surface area contributed by atoms with Crippen LogP contribution in [0.25, 0.3) is 5.65 Å². The average molecular weight is 591 g/mol. The van der Waals surface area contributed by atoms with Crippen LogP contribution in [0.3, 0.4) is 0 Å². The lowest BCUT2D eigenvalue weighted by Gasteiger charge is -2.33. The summed E-state index contributed by atoms with van der Waals surface area (Å²) in [5.74, 6) is -4.31. The minimum atomic E-state index is -4.60. The predicted molar refractivity (Wildman–Crippen MR) is 134 cm³/mol. The van der Waals surface area contributed by atoms with Gasteiger partial charge in [-0.1, -0.05) is 0 Å². The summed E-state index contributed by atoms with van der Waals surface area (Å²) in [6, 6.07) is -2.33. The molecule has 2 aromatic rings. The Morgan fingerprint density at radius 3 is 2.51 bits per heavy atom. The van der Waals surface area contributed by atoms with E-state index in [2.05, 4.69) is 15.4 Å². The Hall–Kier alpha value is -3.85. The fourth-order valence-corrected chi connectivity index (χ4v) is 4.92. The van der Waals surface area contributed by atoms with Crippen LogP contribution >= 0.6 is 0 Å². The van der Waals surface area contributed by atoms with E-state index < -0.39 is 78.4 Å². The van der Waals surface area contributed by atoms with E-state index in [9.17, 15) is 35.9 Å². The van der Waals surface area contributed by atoms with Crippen molar-refractivity contribution in [3.8, 4) is 0 Å². The summed E-state index contributed by atoms with van der Waals surface area (Å²) in [6.07, 6.45) is -2.04. The standard InChI is InChI=1S/C25H29F6N7O3/c1-23(2,26)20(32)15(12-39)21(40)36-19(14-3-5-24(27,28)6-4-14)16-10-38-18(34-16)7-13(8-33-38)9-37-11-17(25(29,30)31)35-22(37)41/h7-8,10,12,14,17,19,32,39H,3-6,9,11H2,1-2H3,(H,35,41)(H,36,40)/p+1/b15-12+,32-20?/t17-,19-/m0/s1. The van der Waals surface area contributed by atoms with Crippen molar-refractivity contribution in [3.63, 3.8) is 0 Å². The fourth-order valence-electron chi connectivity index (χ4n) is 4.92. The van der Waals surface area contributed by atoms with E-state index in [1.807, 2.05) is 5.32 Å². The molecule has 0 bridgehead atoms. The highest BCUT2D eigenvalue weighted by molar-refractivity contribution is 6.23. The summed E-state index contributed by atoms with van der Waals surface area (Å²) >= 11 is 0. The molecule has 224 valence electrons. The maximum absolute atomic E-state index is 14.4. The van der Waals surface area contributed by atoms with Gasteiger partial charge in [-0.15, -0.1) is 0 Å². The number of halogens is 6. The van der Waals surface area contributed by atoms with Gasteiger partial charge in [0, 0.05) is 19.4 Å². The lowest BCUT2D eigenvalue weighted by molar-refractivity contribution is -0.149. The number of nitrogens with one attached hydrogen (secondary N) is 3. The third-order valence-electron chi connectivity index (χ3n) is 7.24. The molecule has 2 fully saturated rings. The summed E-state index contributed by atoms with van der Waals surface area (Å²) in [6.45, 7) is 1.37. The molecule has 0 radical (unpaired) electrons. The van der Waals surface area contributed by atoms with Crippen molar-refractivity contribution < 1.29 is 41.0 Å². The lowest BCUT2D eigenvalue weighted by Crippen LogP contribution is -2.41. The van der Waals surface area contributed by atoms with Crippen molar-refractivity contribution in [3.05, 3.63) is 41.6 Å². The SMILES string of the molecule is CC(C)(F)C(=N)/C(=C\[OH2+])C(=O)N[C@H](c1cn2ncc(CN3C[C@@H](C(F)(F)F)NC3=O)cc2n1)C1CCC(F)(F)CC1. The Bertz CT molecular complexity index is 1360. The minimum absolute atomic E-state index is 0.0287. The van der Waals surface area contributed by atoms with Crippen LogP contribution in [0.1, 0.15) is 56.8 Å². The van der Waals surface area contributed by atoms with Gasteiger partial charge in [-0.2, -0.15) is 18.3 Å². The van der Waals surface area contributed by atoms with Gasteiger partial charge in [-0.3, -0.25) is 4.79 Å². The van der Waals surface area contributed by atoms with E-state index in [1.165, 1.54) is 23.0 Å². The van der Waals surface area contributed by atoms with E-state index in [4.69, 9.17) is 10.5 Å². The Labute approximate surface area is 230 Å². The number of fused-ring (bicyclic) bond motifs is 1. The molecule has 0 aromatic carbocycles. The summed E-state index contributed by atoms with van der Waals surface area (Å²) in [7, 11) is 0. The Morgan fingerprint density at radius 2 is 1.95 bits per heavy atom. The first-order valence-electron chi connectivity index (χ1n) is 12.8. The number of amides is 3. The molecule has 0 unspecified atom stereocenters. The number of hydrogen-bond acceptors (Lipinski definition) is 5. The third-order valence-corrected chi connectivity index (χ3v) is 7.24. The zero-order valence-corrected chi connectivity index (χ0v) is 22.2. The van der Waals surface area contributed by atoms with E-state index in [-0.39, 0.29) is 30.7 Å². The first kappa shape index (κ1) is 30.1. The van der Waals surface area contributed by atoms with Crippen LogP contribution in [-0.4, -0.2) is 72.6 Å². The van der Waals surface area contributed by atoms with Crippen LogP contribution in [0.2, 0.25) is 0 Å². The second-order valence-electron chi connectivity index (χ2n) is 10.8. The molecular weight excluding hydrogens is 560 g/mol. The van der Waals surface area contributed by atoms with Crippen molar-refractivity contribution in [1.82, 2.24) is 30.1 Å². The third kappa shape index (κ3) is 6.73. The van der Waals surface area contributed by atoms with Gasteiger partial charge < -0.3 is 26.0 Å². The summed E-state index contributed by atoms with van der Waals surface area (Å²) in [5.41, 5.74) is -2.65. The molecule has 1 aliphatic heterocycles. The molecule has 1 saturated carbocycles. The number of carbonyl (C=O) groups is 2. The zero-order chi connectivity index (χ0) is 30.3. The molecule has 3 amide bonds. The largest absolute Gasteiger partial charge is 0.598 e.